The number of aromatic nitrogens is 1. The number of nitrogens with one attached hydrogen (secondary N) is 2. The molecule has 0 aliphatic heterocycles. The van der Waals surface area contributed by atoms with Crippen LogP contribution in [0, 0.1) is 11.3 Å². The first kappa shape index (κ1) is 16.2. The second-order valence-corrected chi connectivity index (χ2v) is 6.46. The van der Waals surface area contributed by atoms with Gasteiger partial charge in [-0.25, -0.2) is 0 Å². The van der Waals surface area contributed by atoms with Crippen LogP contribution < -0.4 is 10.9 Å². The molecule has 4 aromatic rings. The quantitative estimate of drug-likeness (QED) is 0.551. The first-order valence-corrected chi connectivity index (χ1v) is 8.51. The average Bonchev–Trinajstić information content (AvgIpc) is 2.66. The first-order valence-electron chi connectivity index (χ1n) is 8.13. The molecule has 0 atom stereocenters. The summed E-state index contributed by atoms with van der Waals surface area (Å²) in [5.41, 5.74) is 2.75. The number of hydrogen-bond acceptors (Lipinski definition) is 3. The van der Waals surface area contributed by atoms with Gasteiger partial charge in [0.15, 0.2) is 0 Å². The van der Waals surface area contributed by atoms with Crippen LogP contribution in [0.2, 0.25) is 5.02 Å². The van der Waals surface area contributed by atoms with Crippen LogP contribution in [-0.2, 0) is 6.54 Å². The highest BCUT2D eigenvalue weighted by atomic mass is 35.5. The molecule has 26 heavy (non-hydrogen) atoms. The van der Waals surface area contributed by atoms with Gasteiger partial charge in [0.2, 0.25) is 0 Å². The van der Waals surface area contributed by atoms with E-state index in [-0.39, 0.29) is 5.56 Å². The molecule has 4 rings (SSSR count). The maximum Gasteiger partial charge on any atom is 0.253 e. The fourth-order valence-corrected chi connectivity index (χ4v) is 3.28. The van der Waals surface area contributed by atoms with Crippen molar-refractivity contribution in [1.29, 1.82) is 5.26 Å². The summed E-state index contributed by atoms with van der Waals surface area (Å²) in [5.74, 6) is 0. The summed E-state index contributed by atoms with van der Waals surface area (Å²) in [6, 6.07) is 20.8. The van der Waals surface area contributed by atoms with Crippen LogP contribution in [0.5, 0.6) is 0 Å². The van der Waals surface area contributed by atoms with Crippen molar-refractivity contribution in [3.05, 3.63) is 87.2 Å². The highest BCUT2D eigenvalue weighted by molar-refractivity contribution is 6.31. The van der Waals surface area contributed by atoms with Gasteiger partial charge in [-0.15, -0.1) is 0 Å². The molecule has 0 aliphatic carbocycles. The summed E-state index contributed by atoms with van der Waals surface area (Å²) in [7, 11) is 0. The molecule has 0 unspecified atom stereocenters. The van der Waals surface area contributed by atoms with E-state index < -0.39 is 0 Å². The lowest BCUT2D eigenvalue weighted by Crippen LogP contribution is -2.15. The van der Waals surface area contributed by atoms with Crippen LogP contribution >= 0.6 is 11.6 Å². The van der Waals surface area contributed by atoms with Crippen molar-refractivity contribution in [2.24, 2.45) is 0 Å². The lowest BCUT2D eigenvalue weighted by Gasteiger charge is -2.11. The van der Waals surface area contributed by atoms with Gasteiger partial charge in [-0.1, -0.05) is 35.9 Å². The highest BCUT2D eigenvalue weighted by Crippen LogP contribution is 2.26. The number of nitriles is 1. The zero-order valence-corrected chi connectivity index (χ0v) is 14.5. The summed E-state index contributed by atoms with van der Waals surface area (Å²) >= 11 is 6.04. The van der Waals surface area contributed by atoms with E-state index >= 15 is 0 Å². The molecule has 2 N–H and O–H groups in total. The van der Waals surface area contributed by atoms with Gasteiger partial charge in [-0.3, -0.25) is 4.79 Å². The number of anilines is 1. The van der Waals surface area contributed by atoms with Gasteiger partial charge in [0.1, 0.15) is 0 Å². The van der Waals surface area contributed by atoms with Gasteiger partial charge in [0.05, 0.1) is 11.6 Å². The zero-order valence-electron chi connectivity index (χ0n) is 13.7. The average molecular weight is 360 g/mol. The molecule has 1 heterocycles. The molecule has 126 valence electrons. The van der Waals surface area contributed by atoms with Crippen LogP contribution in [-0.4, -0.2) is 4.98 Å². The number of hydrogen-bond donors (Lipinski definition) is 2. The van der Waals surface area contributed by atoms with Gasteiger partial charge in [0, 0.05) is 44.5 Å². The zero-order chi connectivity index (χ0) is 18.1. The van der Waals surface area contributed by atoms with E-state index in [0.29, 0.717) is 22.7 Å². The minimum absolute atomic E-state index is 0.134. The molecule has 0 fully saturated rings. The molecule has 0 saturated heterocycles. The summed E-state index contributed by atoms with van der Waals surface area (Å²) in [4.78, 5) is 15.2. The molecular weight excluding hydrogens is 346 g/mol. The largest absolute Gasteiger partial charge is 0.380 e. The predicted molar refractivity (Wildman–Crippen MR) is 106 cm³/mol. The molecule has 0 bridgehead atoms. The third-order valence-corrected chi connectivity index (χ3v) is 4.63. The number of rotatable bonds is 3. The summed E-state index contributed by atoms with van der Waals surface area (Å²) in [5, 5.41) is 15.9. The van der Waals surface area contributed by atoms with E-state index in [9.17, 15) is 10.1 Å². The van der Waals surface area contributed by atoms with Crippen molar-refractivity contribution < 1.29 is 0 Å². The third-order valence-electron chi connectivity index (χ3n) is 4.40. The SMILES string of the molecule is N#Cc1ccc(NCc2cc3cc(Cl)ccc3[nH]c2=O)c2ccccc12. The van der Waals surface area contributed by atoms with Crippen molar-refractivity contribution in [2.45, 2.75) is 6.54 Å². The highest BCUT2D eigenvalue weighted by Gasteiger charge is 2.07. The monoisotopic (exact) mass is 359 g/mol. The van der Waals surface area contributed by atoms with E-state index in [4.69, 9.17) is 11.6 Å². The number of pyridine rings is 1. The van der Waals surface area contributed by atoms with Crippen LogP contribution in [0.1, 0.15) is 11.1 Å². The molecule has 4 nitrogen and oxygen atoms in total. The second-order valence-electron chi connectivity index (χ2n) is 6.03. The maximum absolute atomic E-state index is 12.3. The van der Waals surface area contributed by atoms with E-state index in [1.165, 1.54) is 0 Å². The van der Waals surface area contributed by atoms with Crippen molar-refractivity contribution >= 4 is 39.0 Å². The smallest absolute Gasteiger partial charge is 0.253 e. The van der Waals surface area contributed by atoms with Crippen molar-refractivity contribution in [1.82, 2.24) is 4.98 Å². The molecule has 0 amide bonds. The van der Waals surface area contributed by atoms with E-state index in [2.05, 4.69) is 16.4 Å². The Labute approximate surface area is 154 Å². The van der Waals surface area contributed by atoms with Gasteiger partial charge in [0.25, 0.3) is 5.56 Å². The number of nitrogens with zero attached hydrogens (tertiary/aromatic N) is 1. The first-order chi connectivity index (χ1) is 12.7. The van der Waals surface area contributed by atoms with E-state index in [0.717, 1.165) is 27.4 Å². The molecular formula is C21H14ClN3O. The molecule has 0 aliphatic rings. The van der Waals surface area contributed by atoms with Crippen LogP contribution in [0.15, 0.2) is 65.5 Å². The maximum atomic E-state index is 12.3. The lowest BCUT2D eigenvalue weighted by atomic mass is 10.0. The fraction of sp³-hybridized carbons (Fsp3) is 0.0476. The molecule has 1 aromatic heterocycles. The Kier molecular flexibility index (Phi) is 4.08. The standard InChI is InChI=1S/C21H14ClN3O/c22-16-6-8-19-14(10-16)9-15(21(26)25-19)12-24-20-7-5-13(11-23)17-3-1-2-4-18(17)20/h1-10,24H,12H2,(H,25,26). The van der Waals surface area contributed by atoms with Crippen LogP contribution in [0.4, 0.5) is 5.69 Å². The normalized spacial score (nSPS) is 10.8. The summed E-state index contributed by atoms with van der Waals surface area (Å²) in [6.07, 6.45) is 0. The van der Waals surface area contributed by atoms with Gasteiger partial charge in [-0.05, 0) is 36.4 Å². The van der Waals surface area contributed by atoms with Gasteiger partial charge in [-0.2, -0.15) is 5.26 Å². The third kappa shape index (κ3) is 2.90. The molecule has 0 radical (unpaired) electrons. The Balaban J connectivity index is 1.71. The Morgan fingerprint density at radius 1 is 1.04 bits per heavy atom. The lowest BCUT2D eigenvalue weighted by molar-refractivity contribution is 1.09. The minimum atomic E-state index is -0.134. The summed E-state index contributed by atoms with van der Waals surface area (Å²) < 4.78 is 0. The predicted octanol–water partition coefficient (Wildman–Crippen LogP) is 4.82. The number of fused-ring (bicyclic) bond motifs is 2. The Morgan fingerprint density at radius 2 is 1.85 bits per heavy atom. The number of aromatic amines is 1. The van der Waals surface area contributed by atoms with Crippen molar-refractivity contribution in [3.63, 3.8) is 0 Å². The minimum Gasteiger partial charge on any atom is -0.380 e. The molecule has 0 spiro atoms. The topological polar surface area (TPSA) is 68.7 Å². The molecule has 5 heteroatoms. The van der Waals surface area contributed by atoms with Gasteiger partial charge < -0.3 is 10.3 Å². The van der Waals surface area contributed by atoms with Crippen LogP contribution in [0.3, 0.4) is 0 Å². The second kappa shape index (κ2) is 6.55. The summed E-state index contributed by atoms with van der Waals surface area (Å²) in [6.45, 7) is 0.369. The Bertz CT molecular complexity index is 1240. The molecule has 3 aromatic carbocycles. The Morgan fingerprint density at radius 3 is 2.65 bits per heavy atom. The van der Waals surface area contributed by atoms with Crippen molar-refractivity contribution in [2.75, 3.05) is 5.32 Å². The number of halogens is 1. The Hall–Kier alpha value is -3.29. The van der Waals surface area contributed by atoms with E-state index in [1.54, 1.807) is 18.2 Å². The van der Waals surface area contributed by atoms with Crippen molar-refractivity contribution in [3.8, 4) is 6.07 Å². The molecule has 0 saturated carbocycles. The van der Waals surface area contributed by atoms with Gasteiger partial charge >= 0.3 is 0 Å². The number of H-pyrrole nitrogens is 1. The number of benzene rings is 3. The van der Waals surface area contributed by atoms with Crippen LogP contribution in [0.25, 0.3) is 21.7 Å². The van der Waals surface area contributed by atoms with E-state index in [1.807, 2.05) is 42.5 Å². The fourth-order valence-electron chi connectivity index (χ4n) is 3.10.